The summed E-state index contributed by atoms with van der Waals surface area (Å²) >= 11 is 0. The van der Waals surface area contributed by atoms with Gasteiger partial charge in [-0.15, -0.1) is 0 Å². The van der Waals surface area contributed by atoms with Gasteiger partial charge in [-0.2, -0.15) is 0 Å². The van der Waals surface area contributed by atoms with Gasteiger partial charge in [-0.05, 0) is 18.2 Å². The zero-order valence-corrected chi connectivity index (χ0v) is 10.1. The third kappa shape index (κ3) is 1.77. The molecule has 3 aromatic rings. The van der Waals surface area contributed by atoms with E-state index >= 15 is 0 Å². The van der Waals surface area contributed by atoms with Crippen LogP contribution in [0.5, 0.6) is 5.75 Å². The Morgan fingerprint density at radius 2 is 2.21 bits per heavy atom. The van der Waals surface area contributed by atoms with Gasteiger partial charge in [0.05, 0.1) is 30.0 Å². The average Bonchev–Trinajstić information content (AvgIpc) is 2.75. The smallest absolute Gasteiger partial charge is 0.331 e. The molecule has 0 spiro atoms. The first kappa shape index (κ1) is 11.5. The van der Waals surface area contributed by atoms with Crippen LogP contribution in [0.25, 0.3) is 16.7 Å². The van der Waals surface area contributed by atoms with E-state index in [9.17, 15) is 9.18 Å². The number of aromatic nitrogens is 3. The summed E-state index contributed by atoms with van der Waals surface area (Å²) in [5.74, 6) is -0.0210. The topological polar surface area (TPSA) is 59.9 Å². The molecule has 1 aromatic carbocycles. The maximum absolute atomic E-state index is 13.9. The predicted octanol–water partition coefficient (Wildman–Crippen LogP) is 1.86. The highest BCUT2D eigenvalue weighted by Gasteiger charge is 2.13. The van der Waals surface area contributed by atoms with Gasteiger partial charge in [0.2, 0.25) is 0 Å². The Bertz CT molecular complexity index is 807. The number of hydrogen-bond donors (Lipinski definition) is 1. The van der Waals surface area contributed by atoms with Crippen LogP contribution in [-0.4, -0.2) is 21.6 Å². The number of halogens is 1. The van der Waals surface area contributed by atoms with Crippen molar-refractivity contribution in [1.29, 1.82) is 0 Å². The molecule has 0 fully saturated rings. The second-order valence-electron chi connectivity index (χ2n) is 3.98. The fourth-order valence-electron chi connectivity index (χ4n) is 1.99. The summed E-state index contributed by atoms with van der Waals surface area (Å²) in [5.41, 5.74) is 0.832. The molecule has 6 heteroatoms. The standard InChI is InChI=1S/C13H10FN3O2/c1-19-8-2-3-9(14)12(6-8)17-11-4-5-15-7-10(11)16-13(17)18/h2-7H,1H3,(H,16,18). The number of benzene rings is 1. The van der Waals surface area contributed by atoms with E-state index in [1.807, 2.05) is 0 Å². The first-order valence-electron chi connectivity index (χ1n) is 5.59. The number of rotatable bonds is 2. The van der Waals surface area contributed by atoms with Crippen molar-refractivity contribution >= 4 is 11.0 Å². The minimum Gasteiger partial charge on any atom is -0.497 e. The van der Waals surface area contributed by atoms with E-state index in [2.05, 4.69) is 9.97 Å². The number of H-pyrrole nitrogens is 1. The normalized spacial score (nSPS) is 10.8. The van der Waals surface area contributed by atoms with E-state index in [0.29, 0.717) is 16.8 Å². The number of nitrogens with zero attached hydrogens (tertiary/aromatic N) is 2. The Hall–Kier alpha value is -2.63. The number of hydrogen-bond acceptors (Lipinski definition) is 3. The van der Waals surface area contributed by atoms with Crippen LogP contribution in [0.15, 0.2) is 41.5 Å². The maximum Gasteiger partial charge on any atom is 0.331 e. The summed E-state index contributed by atoms with van der Waals surface area (Å²) in [7, 11) is 1.49. The van der Waals surface area contributed by atoms with Crippen LogP contribution in [0.1, 0.15) is 0 Å². The molecule has 5 nitrogen and oxygen atoms in total. The lowest BCUT2D eigenvalue weighted by Gasteiger charge is -2.07. The monoisotopic (exact) mass is 259 g/mol. The molecule has 0 bridgehead atoms. The van der Waals surface area contributed by atoms with Crippen LogP contribution in [0.3, 0.4) is 0 Å². The molecule has 2 aromatic heterocycles. The van der Waals surface area contributed by atoms with E-state index in [4.69, 9.17) is 4.74 Å². The minimum atomic E-state index is -0.499. The third-order valence-corrected chi connectivity index (χ3v) is 2.88. The Balaban J connectivity index is 2.36. The quantitative estimate of drug-likeness (QED) is 0.764. The molecule has 0 atom stereocenters. The van der Waals surface area contributed by atoms with Crippen molar-refractivity contribution in [3.8, 4) is 11.4 Å². The second kappa shape index (κ2) is 4.24. The number of pyridine rings is 1. The summed E-state index contributed by atoms with van der Waals surface area (Å²) in [6.45, 7) is 0. The van der Waals surface area contributed by atoms with Crippen LogP contribution >= 0.6 is 0 Å². The molecular weight excluding hydrogens is 249 g/mol. The van der Waals surface area contributed by atoms with Gasteiger partial charge in [-0.25, -0.2) is 9.18 Å². The highest BCUT2D eigenvalue weighted by Crippen LogP contribution is 2.22. The number of nitrogens with one attached hydrogen (secondary N) is 1. The molecule has 0 unspecified atom stereocenters. The van der Waals surface area contributed by atoms with Crippen molar-refractivity contribution < 1.29 is 9.13 Å². The minimum absolute atomic E-state index is 0.141. The molecule has 0 saturated heterocycles. The lowest BCUT2D eigenvalue weighted by atomic mass is 10.2. The Labute approximate surface area is 107 Å². The molecule has 0 amide bonds. The van der Waals surface area contributed by atoms with Crippen molar-refractivity contribution in [2.24, 2.45) is 0 Å². The molecule has 2 heterocycles. The predicted molar refractivity (Wildman–Crippen MR) is 68.2 cm³/mol. The summed E-state index contributed by atoms with van der Waals surface area (Å²) in [4.78, 5) is 18.5. The SMILES string of the molecule is COc1ccc(F)c(-n2c(=O)[nH]c3cnccc32)c1. The third-order valence-electron chi connectivity index (χ3n) is 2.88. The van der Waals surface area contributed by atoms with Gasteiger partial charge in [-0.1, -0.05) is 0 Å². The number of aromatic amines is 1. The van der Waals surface area contributed by atoms with Gasteiger partial charge in [0, 0.05) is 12.3 Å². The molecule has 0 radical (unpaired) electrons. The van der Waals surface area contributed by atoms with E-state index in [1.54, 1.807) is 12.3 Å². The fraction of sp³-hybridized carbons (Fsp3) is 0.0769. The highest BCUT2D eigenvalue weighted by molar-refractivity contribution is 5.76. The zero-order chi connectivity index (χ0) is 13.4. The molecule has 96 valence electrons. The summed E-state index contributed by atoms with van der Waals surface area (Å²) in [5, 5.41) is 0. The first-order valence-corrected chi connectivity index (χ1v) is 5.59. The first-order chi connectivity index (χ1) is 9.20. The molecular formula is C13H10FN3O2. The van der Waals surface area contributed by atoms with Gasteiger partial charge >= 0.3 is 5.69 Å². The molecule has 1 N–H and O–H groups in total. The molecule has 0 aliphatic heterocycles. The van der Waals surface area contributed by atoms with Crippen molar-refractivity contribution in [2.45, 2.75) is 0 Å². The second-order valence-corrected chi connectivity index (χ2v) is 3.98. The average molecular weight is 259 g/mol. The van der Waals surface area contributed by atoms with Crippen LogP contribution in [-0.2, 0) is 0 Å². The molecule has 0 aliphatic rings. The van der Waals surface area contributed by atoms with E-state index in [1.165, 1.54) is 36.1 Å². The lowest BCUT2D eigenvalue weighted by molar-refractivity contribution is 0.413. The van der Waals surface area contributed by atoms with Crippen LogP contribution in [0, 0.1) is 5.82 Å². The van der Waals surface area contributed by atoms with E-state index in [0.717, 1.165) is 0 Å². The molecule has 3 rings (SSSR count). The highest BCUT2D eigenvalue weighted by atomic mass is 19.1. The zero-order valence-electron chi connectivity index (χ0n) is 10.1. The number of imidazole rings is 1. The Kier molecular flexibility index (Phi) is 2.56. The molecule has 0 saturated carbocycles. The van der Waals surface area contributed by atoms with Gasteiger partial charge in [0.1, 0.15) is 11.6 Å². The summed E-state index contributed by atoms with van der Waals surface area (Å²) < 4.78 is 20.2. The van der Waals surface area contributed by atoms with E-state index < -0.39 is 11.5 Å². The number of ether oxygens (including phenoxy) is 1. The Morgan fingerprint density at radius 1 is 1.37 bits per heavy atom. The van der Waals surface area contributed by atoms with Gasteiger partial charge in [0.15, 0.2) is 0 Å². The van der Waals surface area contributed by atoms with Crippen LogP contribution in [0.2, 0.25) is 0 Å². The summed E-state index contributed by atoms with van der Waals surface area (Å²) in [6, 6.07) is 5.89. The van der Waals surface area contributed by atoms with Crippen LogP contribution < -0.4 is 10.4 Å². The maximum atomic E-state index is 13.9. The number of methoxy groups -OCH3 is 1. The van der Waals surface area contributed by atoms with Crippen LogP contribution in [0.4, 0.5) is 4.39 Å². The summed E-state index contributed by atoms with van der Waals surface area (Å²) in [6.07, 6.45) is 3.06. The molecule has 0 aliphatic carbocycles. The van der Waals surface area contributed by atoms with Crippen molar-refractivity contribution in [2.75, 3.05) is 7.11 Å². The Morgan fingerprint density at radius 3 is 3.00 bits per heavy atom. The fourth-order valence-corrected chi connectivity index (χ4v) is 1.99. The van der Waals surface area contributed by atoms with Gasteiger partial charge < -0.3 is 9.72 Å². The van der Waals surface area contributed by atoms with Gasteiger partial charge in [0.25, 0.3) is 0 Å². The largest absolute Gasteiger partial charge is 0.497 e. The lowest BCUT2D eigenvalue weighted by Crippen LogP contribution is -2.15. The van der Waals surface area contributed by atoms with Gasteiger partial charge in [-0.3, -0.25) is 9.55 Å². The molecule has 19 heavy (non-hydrogen) atoms. The van der Waals surface area contributed by atoms with Crippen molar-refractivity contribution in [3.05, 3.63) is 53.0 Å². The van der Waals surface area contributed by atoms with Crippen molar-refractivity contribution in [1.82, 2.24) is 14.5 Å². The number of fused-ring (bicyclic) bond motifs is 1. The van der Waals surface area contributed by atoms with Crippen molar-refractivity contribution in [3.63, 3.8) is 0 Å². The van der Waals surface area contributed by atoms with E-state index in [-0.39, 0.29) is 5.69 Å².